The lowest BCUT2D eigenvalue weighted by molar-refractivity contribution is -0.0262. The van der Waals surface area contributed by atoms with E-state index in [4.69, 9.17) is 14.5 Å². The zero-order chi connectivity index (χ0) is 18.8. The fourth-order valence-corrected chi connectivity index (χ4v) is 3.75. The molecule has 6 nitrogen and oxygen atoms in total. The Morgan fingerprint density at radius 2 is 2.04 bits per heavy atom. The van der Waals surface area contributed by atoms with Gasteiger partial charge in [-0.15, -0.1) is 0 Å². The fraction of sp³-hybridized carbons (Fsp3) is 0.950. The third kappa shape index (κ3) is 7.80. The van der Waals surface area contributed by atoms with Gasteiger partial charge in [-0.2, -0.15) is 0 Å². The van der Waals surface area contributed by atoms with E-state index >= 15 is 0 Å². The first-order valence-corrected chi connectivity index (χ1v) is 10.5. The average molecular weight is 369 g/mol. The Kier molecular flexibility index (Phi) is 9.72. The molecular formula is C20H40N4O2. The van der Waals surface area contributed by atoms with Crippen molar-refractivity contribution >= 4 is 5.96 Å². The van der Waals surface area contributed by atoms with E-state index in [0.29, 0.717) is 5.92 Å². The zero-order valence-corrected chi connectivity index (χ0v) is 17.4. The molecule has 2 fully saturated rings. The highest BCUT2D eigenvalue weighted by Crippen LogP contribution is 2.18. The van der Waals surface area contributed by atoms with Crippen molar-refractivity contribution < 1.29 is 9.47 Å². The van der Waals surface area contributed by atoms with Crippen LogP contribution in [-0.4, -0.2) is 88.0 Å². The van der Waals surface area contributed by atoms with Crippen molar-refractivity contribution in [2.24, 2.45) is 16.8 Å². The second-order valence-electron chi connectivity index (χ2n) is 8.11. The summed E-state index contributed by atoms with van der Waals surface area (Å²) >= 11 is 0. The lowest BCUT2D eigenvalue weighted by atomic mass is 9.96. The van der Waals surface area contributed by atoms with Crippen LogP contribution in [0.15, 0.2) is 4.99 Å². The van der Waals surface area contributed by atoms with Gasteiger partial charge in [0.15, 0.2) is 5.96 Å². The highest BCUT2D eigenvalue weighted by atomic mass is 16.5. The number of morpholine rings is 1. The van der Waals surface area contributed by atoms with E-state index < -0.39 is 0 Å². The number of guanidine groups is 1. The third-order valence-corrected chi connectivity index (χ3v) is 5.20. The Hall–Kier alpha value is -0.850. The molecule has 0 aliphatic carbocycles. The molecule has 1 atom stereocenters. The van der Waals surface area contributed by atoms with Crippen LogP contribution in [0.3, 0.4) is 0 Å². The summed E-state index contributed by atoms with van der Waals surface area (Å²) in [7, 11) is 2.15. The van der Waals surface area contributed by atoms with Gasteiger partial charge in [0.25, 0.3) is 0 Å². The first kappa shape index (κ1) is 21.5. The number of rotatable bonds is 8. The molecule has 0 saturated carbocycles. The monoisotopic (exact) mass is 368 g/mol. The van der Waals surface area contributed by atoms with Crippen molar-refractivity contribution in [3.05, 3.63) is 0 Å². The maximum atomic E-state index is 5.94. The molecule has 0 amide bonds. The largest absolute Gasteiger partial charge is 0.381 e. The van der Waals surface area contributed by atoms with Gasteiger partial charge in [0.1, 0.15) is 0 Å². The molecule has 2 heterocycles. The lowest BCUT2D eigenvalue weighted by Crippen LogP contribution is -2.46. The number of hydrogen-bond acceptors (Lipinski definition) is 4. The van der Waals surface area contributed by atoms with Gasteiger partial charge >= 0.3 is 0 Å². The summed E-state index contributed by atoms with van der Waals surface area (Å²) in [5.41, 5.74) is 0. The Morgan fingerprint density at radius 3 is 2.73 bits per heavy atom. The molecule has 0 radical (unpaired) electrons. The number of ether oxygens (including phenoxy) is 2. The van der Waals surface area contributed by atoms with Crippen LogP contribution in [0.4, 0.5) is 0 Å². The number of hydrogen-bond donors (Lipinski definition) is 1. The smallest absolute Gasteiger partial charge is 0.193 e. The molecule has 26 heavy (non-hydrogen) atoms. The molecule has 2 rings (SSSR count). The number of aliphatic imine (C=N–C) groups is 1. The molecule has 152 valence electrons. The van der Waals surface area contributed by atoms with Crippen LogP contribution in [0.5, 0.6) is 0 Å². The van der Waals surface area contributed by atoms with Crippen LogP contribution in [0, 0.1) is 11.8 Å². The fourth-order valence-electron chi connectivity index (χ4n) is 3.75. The summed E-state index contributed by atoms with van der Waals surface area (Å²) in [5, 5.41) is 3.44. The van der Waals surface area contributed by atoms with Crippen molar-refractivity contribution in [2.45, 2.75) is 46.1 Å². The minimum atomic E-state index is 0.208. The van der Waals surface area contributed by atoms with Gasteiger partial charge in [0, 0.05) is 53.0 Å². The van der Waals surface area contributed by atoms with E-state index in [-0.39, 0.29) is 6.10 Å². The van der Waals surface area contributed by atoms with Crippen molar-refractivity contribution in [1.82, 2.24) is 15.1 Å². The van der Waals surface area contributed by atoms with Gasteiger partial charge in [-0.05, 0) is 38.0 Å². The molecule has 2 saturated heterocycles. The van der Waals surface area contributed by atoms with Crippen molar-refractivity contribution in [2.75, 3.05) is 66.1 Å². The van der Waals surface area contributed by atoms with Gasteiger partial charge in [0.2, 0.25) is 0 Å². The Bertz CT molecular complexity index is 411. The molecule has 1 N–H and O–H groups in total. The average Bonchev–Trinajstić information content (AvgIpc) is 2.64. The van der Waals surface area contributed by atoms with Gasteiger partial charge in [-0.3, -0.25) is 9.89 Å². The molecule has 2 aliphatic heterocycles. The number of nitrogens with zero attached hydrogens (tertiary/aromatic N) is 3. The van der Waals surface area contributed by atoms with E-state index in [0.717, 1.165) is 71.0 Å². The summed E-state index contributed by atoms with van der Waals surface area (Å²) in [5.74, 6) is 2.50. The normalized spacial score (nSPS) is 23.4. The molecule has 6 heteroatoms. The minimum Gasteiger partial charge on any atom is -0.381 e. The highest BCUT2D eigenvalue weighted by molar-refractivity contribution is 5.79. The maximum Gasteiger partial charge on any atom is 0.193 e. The van der Waals surface area contributed by atoms with Gasteiger partial charge in [0.05, 0.1) is 19.3 Å². The minimum absolute atomic E-state index is 0.208. The lowest BCUT2D eigenvalue weighted by Gasteiger charge is -2.33. The van der Waals surface area contributed by atoms with Crippen LogP contribution in [0.2, 0.25) is 0 Å². The first-order valence-electron chi connectivity index (χ1n) is 10.5. The Morgan fingerprint density at radius 1 is 1.27 bits per heavy atom. The van der Waals surface area contributed by atoms with E-state index in [1.807, 2.05) is 0 Å². The molecule has 2 aliphatic rings. The molecule has 0 aromatic rings. The summed E-state index contributed by atoms with van der Waals surface area (Å²) in [6.45, 7) is 15.2. The summed E-state index contributed by atoms with van der Waals surface area (Å²) in [4.78, 5) is 9.65. The van der Waals surface area contributed by atoms with Gasteiger partial charge in [-0.25, -0.2) is 0 Å². The zero-order valence-electron chi connectivity index (χ0n) is 17.4. The Labute approximate surface area is 160 Å². The maximum absolute atomic E-state index is 5.94. The molecule has 0 spiro atoms. The topological polar surface area (TPSA) is 49.3 Å². The van der Waals surface area contributed by atoms with Crippen LogP contribution >= 0.6 is 0 Å². The van der Waals surface area contributed by atoms with Gasteiger partial charge < -0.3 is 19.7 Å². The van der Waals surface area contributed by atoms with E-state index in [2.05, 4.69) is 42.9 Å². The summed E-state index contributed by atoms with van der Waals surface area (Å²) < 4.78 is 11.4. The van der Waals surface area contributed by atoms with Crippen molar-refractivity contribution in [1.29, 1.82) is 0 Å². The van der Waals surface area contributed by atoms with Gasteiger partial charge in [-0.1, -0.05) is 13.8 Å². The first-order chi connectivity index (χ1) is 12.6. The molecule has 1 unspecified atom stereocenters. The predicted octanol–water partition coefficient (Wildman–Crippen LogP) is 2.06. The standard InChI is InChI=1S/C20H40N4O2/c1-5-21-20(23(4)9-6-18-7-11-25-12-8-18)22-14-19-16-24(10-13-26-19)15-17(2)3/h17-19H,5-16H2,1-4H3,(H,21,22). The van der Waals surface area contributed by atoms with Crippen LogP contribution in [0.1, 0.15) is 40.0 Å². The molecule has 0 aromatic heterocycles. The van der Waals surface area contributed by atoms with E-state index in [1.165, 1.54) is 19.3 Å². The van der Waals surface area contributed by atoms with Crippen LogP contribution in [0.25, 0.3) is 0 Å². The quantitative estimate of drug-likeness (QED) is 0.525. The summed E-state index contributed by atoms with van der Waals surface area (Å²) in [6.07, 6.45) is 3.82. The SMILES string of the molecule is CCNC(=NCC1CN(CC(C)C)CCO1)N(C)CCC1CCOCC1. The Balaban J connectivity index is 1.80. The van der Waals surface area contributed by atoms with Crippen molar-refractivity contribution in [3.63, 3.8) is 0 Å². The molecule has 0 aromatic carbocycles. The number of nitrogens with one attached hydrogen (secondary N) is 1. The second-order valence-corrected chi connectivity index (χ2v) is 8.11. The predicted molar refractivity (Wildman–Crippen MR) is 108 cm³/mol. The van der Waals surface area contributed by atoms with Crippen molar-refractivity contribution in [3.8, 4) is 0 Å². The highest BCUT2D eigenvalue weighted by Gasteiger charge is 2.21. The molecular weight excluding hydrogens is 328 g/mol. The third-order valence-electron chi connectivity index (χ3n) is 5.20. The summed E-state index contributed by atoms with van der Waals surface area (Å²) in [6, 6.07) is 0. The van der Waals surface area contributed by atoms with E-state index in [9.17, 15) is 0 Å². The second kappa shape index (κ2) is 11.8. The van der Waals surface area contributed by atoms with Crippen LogP contribution < -0.4 is 5.32 Å². The van der Waals surface area contributed by atoms with Crippen LogP contribution in [-0.2, 0) is 9.47 Å². The molecule has 0 bridgehead atoms. The van der Waals surface area contributed by atoms with E-state index in [1.54, 1.807) is 0 Å².